The van der Waals surface area contributed by atoms with Gasteiger partial charge in [0, 0.05) is 6.42 Å². The summed E-state index contributed by atoms with van der Waals surface area (Å²) in [6, 6.07) is 0. The molecule has 2 heteroatoms. The normalized spacial score (nSPS) is 19.5. The van der Waals surface area contributed by atoms with Crippen LogP contribution in [0.1, 0.15) is 32.1 Å². The highest BCUT2D eigenvalue weighted by molar-refractivity contribution is 5.70. The molecule has 15 heavy (non-hydrogen) atoms. The number of hydrogen-bond donors (Lipinski definition) is 0. The van der Waals surface area contributed by atoms with Crippen LogP contribution in [-0.2, 0) is 9.53 Å². The molecule has 0 heterocycles. The Balaban J connectivity index is 2.31. The molecule has 2 nitrogen and oxygen atoms in total. The lowest BCUT2D eigenvalue weighted by Gasteiger charge is -2.08. The smallest absolute Gasteiger partial charge is 0.306 e. The molecule has 0 N–H and O–H groups in total. The minimum absolute atomic E-state index is 0.0164. The van der Waals surface area contributed by atoms with E-state index >= 15 is 0 Å². The van der Waals surface area contributed by atoms with Crippen molar-refractivity contribution in [1.82, 2.24) is 0 Å². The zero-order chi connectivity index (χ0) is 11.1. The molecule has 82 valence electrons. The second-order valence-corrected chi connectivity index (χ2v) is 3.71. The molecule has 1 aliphatic carbocycles. The molecule has 1 atom stereocenters. The molecule has 0 aromatic carbocycles. The van der Waals surface area contributed by atoms with Gasteiger partial charge in [0.25, 0.3) is 0 Å². The summed E-state index contributed by atoms with van der Waals surface area (Å²) >= 11 is 0. The van der Waals surface area contributed by atoms with Crippen LogP contribution in [0.5, 0.6) is 0 Å². The van der Waals surface area contributed by atoms with Gasteiger partial charge in [-0.25, -0.2) is 0 Å². The van der Waals surface area contributed by atoms with Crippen molar-refractivity contribution in [1.29, 1.82) is 0 Å². The van der Waals surface area contributed by atoms with Crippen LogP contribution in [0.25, 0.3) is 0 Å². The Morgan fingerprint density at radius 1 is 1.53 bits per heavy atom. The van der Waals surface area contributed by atoms with Gasteiger partial charge in [-0.3, -0.25) is 4.79 Å². The van der Waals surface area contributed by atoms with E-state index in [1.54, 1.807) is 6.08 Å². The zero-order valence-electron chi connectivity index (χ0n) is 9.08. The fourth-order valence-corrected chi connectivity index (χ4v) is 1.65. The molecule has 0 fully saturated rings. The molecule has 1 rings (SSSR count). The van der Waals surface area contributed by atoms with Crippen molar-refractivity contribution in [2.45, 2.75) is 38.2 Å². The highest BCUT2D eigenvalue weighted by Gasteiger charge is 2.18. The third-order valence-corrected chi connectivity index (χ3v) is 2.41. The lowest BCUT2D eigenvalue weighted by molar-refractivity contribution is -0.146. The van der Waals surface area contributed by atoms with E-state index in [0.29, 0.717) is 12.8 Å². The number of carbonyl (C=O) groups excluding carboxylic acids is 1. The van der Waals surface area contributed by atoms with Crippen molar-refractivity contribution in [3.63, 3.8) is 0 Å². The molecule has 1 aliphatic rings. The van der Waals surface area contributed by atoms with Crippen LogP contribution in [0, 0.1) is 0 Å². The lowest BCUT2D eigenvalue weighted by Crippen LogP contribution is -2.13. The molecular weight excluding hydrogens is 188 g/mol. The first kappa shape index (κ1) is 11.8. The van der Waals surface area contributed by atoms with E-state index in [4.69, 9.17) is 4.74 Å². The maximum Gasteiger partial charge on any atom is 0.306 e. The summed E-state index contributed by atoms with van der Waals surface area (Å²) in [6.45, 7) is 7.26. The first-order valence-electron chi connectivity index (χ1n) is 5.37. The fraction of sp³-hybridized carbons (Fsp3) is 0.462. The van der Waals surface area contributed by atoms with E-state index < -0.39 is 0 Å². The van der Waals surface area contributed by atoms with E-state index in [-0.39, 0.29) is 12.1 Å². The largest absolute Gasteiger partial charge is 0.458 e. The molecule has 0 radical (unpaired) electrons. The van der Waals surface area contributed by atoms with Gasteiger partial charge in [0.15, 0.2) is 0 Å². The van der Waals surface area contributed by atoms with Crippen LogP contribution < -0.4 is 0 Å². The van der Waals surface area contributed by atoms with Crippen LogP contribution in [0.4, 0.5) is 0 Å². The van der Waals surface area contributed by atoms with E-state index in [9.17, 15) is 4.79 Å². The third-order valence-electron chi connectivity index (χ3n) is 2.41. The quantitative estimate of drug-likeness (QED) is 0.493. The zero-order valence-corrected chi connectivity index (χ0v) is 9.08. The minimum Gasteiger partial charge on any atom is -0.458 e. The van der Waals surface area contributed by atoms with E-state index in [0.717, 1.165) is 19.3 Å². The maximum absolute atomic E-state index is 11.3. The van der Waals surface area contributed by atoms with Crippen molar-refractivity contribution in [3.8, 4) is 0 Å². The Bertz CT molecular complexity index is 276. The maximum atomic E-state index is 11.3. The SMILES string of the molecule is C=CCCC(=O)OC1C=C(CC=C)CC1. The Kier molecular flexibility index (Phi) is 4.88. The van der Waals surface area contributed by atoms with Crippen molar-refractivity contribution in [3.05, 3.63) is 37.0 Å². The van der Waals surface area contributed by atoms with Crippen LogP contribution in [0.15, 0.2) is 37.0 Å². The summed E-state index contributed by atoms with van der Waals surface area (Å²) in [5, 5.41) is 0. The summed E-state index contributed by atoms with van der Waals surface area (Å²) in [4.78, 5) is 11.3. The Morgan fingerprint density at radius 3 is 3.00 bits per heavy atom. The molecule has 1 unspecified atom stereocenters. The lowest BCUT2D eigenvalue weighted by atomic mass is 10.2. The van der Waals surface area contributed by atoms with Crippen molar-refractivity contribution in [2.24, 2.45) is 0 Å². The van der Waals surface area contributed by atoms with Crippen LogP contribution in [0.2, 0.25) is 0 Å². The topological polar surface area (TPSA) is 26.3 Å². The molecule has 0 bridgehead atoms. The fourth-order valence-electron chi connectivity index (χ4n) is 1.65. The van der Waals surface area contributed by atoms with E-state index in [1.165, 1.54) is 5.57 Å². The van der Waals surface area contributed by atoms with E-state index in [1.807, 2.05) is 12.2 Å². The number of carbonyl (C=O) groups is 1. The number of allylic oxidation sites excluding steroid dienone is 3. The summed E-state index contributed by atoms with van der Waals surface area (Å²) in [6.07, 6.45) is 9.61. The Labute approximate surface area is 91.3 Å². The Morgan fingerprint density at radius 2 is 2.33 bits per heavy atom. The molecule has 0 aliphatic heterocycles. The summed E-state index contributed by atoms with van der Waals surface area (Å²) < 4.78 is 5.29. The average Bonchev–Trinajstić information content (AvgIpc) is 2.63. The molecule has 0 saturated carbocycles. The van der Waals surface area contributed by atoms with Gasteiger partial charge in [-0.05, 0) is 31.8 Å². The minimum atomic E-state index is -0.129. The van der Waals surface area contributed by atoms with Gasteiger partial charge < -0.3 is 4.74 Å². The summed E-state index contributed by atoms with van der Waals surface area (Å²) in [5.41, 5.74) is 1.33. The Hall–Kier alpha value is -1.31. The second kappa shape index (κ2) is 6.23. The molecule has 0 amide bonds. The van der Waals surface area contributed by atoms with Crippen LogP contribution in [0.3, 0.4) is 0 Å². The highest BCUT2D eigenvalue weighted by atomic mass is 16.5. The van der Waals surface area contributed by atoms with Crippen molar-refractivity contribution >= 4 is 5.97 Å². The second-order valence-electron chi connectivity index (χ2n) is 3.71. The number of ether oxygens (including phenoxy) is 1. The molecule has 0 spiro atoms. The molecule has 0 saturated heterocycles. The van der Waals surface area contributed by atoms with Gasteiger partial charge in [-0.1, -0.05) is 17.7 Å². The number of rotatable bonds is 6. The van der Waals surface area contributed by atoms with Gasteiger partial charge >= 0.3 is 5.97 Å². The number of esters is 1. The van der Waals surface area contributed by atoms with Gasteiger partial charge in [0.1, 0.15) is 6.10 Å². The predicted molar refractivity (Wildman–Crippen MR) is 61.4 cm³/mol. The van der Waals surface area contributed by atoms with Crippen molar-refractivity contribution < 1.29 is 9.53 Å². The highest BCUT2D eigenvalue weighted by Crippen LogP contribution is 2.24. The van der Waals surface area contributed by atoms with Gasteiger partial charge in [-0.15, -0.1) is 13.2 Å². The number of hydrogen-bond acceptors (Lipinski definition) is 2. The third kappa shape index (κ3) is 4.15. The standard InChI is InChI=1S/C13H18O2/c1-3-5-7-13(14)15-12-9-8-11(10-12)6-4-2/h3-4,10,12H,1-2,5-9H2. The predicted octanol–water partition coefficient (Wildman–Crippen LogP) is 3.16. The molecular formula is C13H18O2. The first-order valence-corrected chi connectivity index (χ1v) is 5.37. The molecule has 0 aromatic heterocycles. The van der Waals surface area contributed by atoms with Gasteiger partial charge in [0.05, 0.1) is 0 Å². The monoisotopic (exact) mass is 206 g/mol. The van der Waals surface area contributed by atoms with Crippen molar-refractivity contribution in [2.75, 3.05) is 0 Å². The van der Waals surface area contributed by atoms with Crippen LogP contribution >= 0.6 is 0 Å². The van der Waals surface area contributed by atoms with E-state index in [2.05, 4.69) is 13.2 Å². The first-order chi connectivity index (χ1) is 7.26. The average molecular weight is 206 g/mol. The summed E-state index contributed by atoms with van der Waals surface area (Å²) in [7, 11) is 0. The van der Waals surface area contributed by atoms with Gasteiger partial charge in [-0.2, -0.15) is 0 Å². The van der Waals surface area contributed by atoms with Gasteiger partial charge in [0.2, 0.25) is 0 Å². The van der Waals surface area contributed by atoms with Crippen LogP contribution in [-0.4, -0.2) is 12.1 Å². The summed E-state index contributed by atoms with van der Waals surface area (Å²) in [5.74, 6) is -0.129. The molecule has 0 aromatic rings.